The van der Waals surface area contributed by atoms with E-state index in [9.17, 15) is 22.8 Å². The molecule has 2 aromatic heterocycles. The Bertz CT molecular complexity index is 1050. The highest BCUT2D eigenvalue weighted by atomic mass is 35.5. The molecule has 0 bridgehead atoms. The van der Waals surface area contributed by atoms with Crippen molar-refractivity contribution in [1.82, 2.24) is 14.5 Å². The minimum Gasteiger partial charge on any atom is -0.324 e. The average Bonchev–Trinajstić information content (AvgIpc) is 2.58. The Morgan fingerprint density at radius 1 is 1.23 bits per heavy atom. The number of carbonyl (C=O) groups excluding carboxylic acids is 1. The summed E-state index contributed by atoms with van der Waals surface area (Å²) in [7, 11) is 0. The van der Waals surface area contributed by atoms with Crippen LogP contribution in [0.1, 0.15) is 5.56 Å². The average molecular weight is 383 g/mol. The normalized spacial score (nSPS) is 11.5. The number of alkyl halides is 3. The van der Waals surface area contributed by atoms with Crippen LogP contribution >= 0.6 is 11.6 Å². The van der Waals surface area contributed by atoms with Gasteiger partial charge in [0.15, 0.2) is 5.65 Å². The van der Waals surface area contributed by atoms with Gasteiger partial charge in [0.05, 0.1) is 16.6 Å². The first-order valence-corrected chi connectivity index (χ1v) is 7.60. The fourth-order valence-electron chi connectivity index (χ4n) is 2.32. The van der Waals surface area contributed by atoms with E-state index < -0.39 is 35.4 Å². The quantitative estimate of drug-likeness (QED) is 0.755. The van der Waals surface area contributed by atoms with E-state index >= 15 is 0 Å². The molecule has 3 rings (SSSR count). The minimum atomic E-state index is -4.69. The molecule has 26 heavy (non-hydrogen) atoms. The summed E-state index contributed by atoms with van der Waals surface area (Å²) < 4.78 is 40.2. The second kappa shape index (κ2) is 6.75. The number of aromatic nitrogens is 3. The highest BCUT2D eigenvalue weighted by Crippen LogP contribution is 2.36. The topological polar surface area (TPSA) is 76.9 Å². The molecular formula is C16H10ClF3N4O2. The predicted octanol–water partition coefficient (Wildman–Crippen LogP) is 3.10. The third kappa shape index (κ3) is 3.67. The Kier molecular flexibility index (Phi) is 4.64. The number of pyridine rings is 1. The number of fused-ring (bicyclic) bond motifs is 1. The maximum Gasteiger partial charge on any atom is 0.418 e. The van der Waals surface area contributed by atoms with Crippen LogP contribution in [-0.4, -0.2) is 20.4 Å². The zero-order valence-electron chi connectivity index (χ0n) is 12.9. The number of halogens is 4. The van der Waals surface area contributed by atoms with Crippen molar-refractivity contribution in [3.05, 3.63) is 63.8 Å². The molecule has 0 aliphatic rings. The van der Waals surface area contributed by atoms with Gasteiger partial charge in [0.2, 0.25) is 5.91 Å². The molecule has 1 amide bonds. The number of carbonyl (C=O) groups is 1. The summed E-state index contributed by atoms with van der Waals surface area (Å²) in [5.74, 6) is -0.815. The van der Waals surface area contributed by atoms with Crippen LogP contribution in [0, 0.1) is 0 Å². The monoisotopic (exact) mass is 382 g/mol. The van der Waals surface area contributed by atoms with Gasteiger partial charge < -0.3 is 5.32 Å². The zero-order valence-corrected chi connectivity index (χ0v) is 13.7. The van der Waals surface area contributed by atoms with Crippen LogP contribution in [0.4, 0.5) is 18.9 Å². The van der Waals surface area contributed by atoms with Crippen LogP contribution in [0.25, 0.3) is 11.0 Å². The molecule has 0 spiro atoms. The summed E-state index contributed by atoms with van der Waals surface area (Å²) in [4.78, 5) is 32.3. The summed E-state index contributed by atoms with van der Waals surface area (Å²) >= 11 is 5.59. The molecule has 1 aromatic carbocycles. The Balaban J connectivity index is 1.87. The van der Waals surface area contributed by atoms with Crippen LogP contribution in [0.3, 0.4) is 0 Å². The molecule has 0 atom stereocenters. The smallest absolute Gasteiger partial charge is 0.324 e. The van der Waals surface area contributed by atoms with Crippen molar-refractivity contribution in [2.75, 3.05) is 5.32 Å². The number of hydrogen-bond acceptors (Lipinski definition) is 4. The first-order chi connectivity index (χ1) is 12.3. The summed E-state index contributed by atoms with van der Waals surface area (Å²) in [6.45, 7) is -0.503. The first kappa shape index (κ1) is 17.9. The summed E-state index contributed by atoms with van der Waals surface area (Å²) in [6, 6.07) is 6.02. The molecule has 0 saturated carbocycles. The van der Waals surface area contributed by atoms with Gasteiger partial charge in [-0.25, -0.2) is 9.97 Å². The summed E-state index contributed by atoms with van der Waals surface area (Å²) in [6.07, 6.45) is -2.12. The summed E-state index contributed by atoms with van der Waals surface area (Å²) in [5.41, 5.74) is -1.83. The van der Waals surface area contributed by atoms with E-state index in [0.717, 1.165) is 17.0 Å². The van der Waals surface area contributed by atoms with Crippen molar-refractivity contribution >= 4 is 34.2 Å². The lowest BCUT2D eigenvalue weighted by Crippen LogP contribution is -2.28. The van der Waals surface area contributed by atoms with Crippen LogP contribution < -0.4 is 10.9 Å². The van der Waals surface area contributed by atoms with Crippen LogP contribution in [0.15, 0.2) is 47.7 Å². The second-order valence-corrected chi connectivity index (χ2v) is 5.72. The largest absolute Gasteiger partial charge is 0.418 e. The van der Waals surface area contributed by atoms with E-state index in [4.69, 9.17) is 11.6 Å². The van der Waals surface area contributed by atoms with E-state index in [-0.39, 0.29) is 16.1 Å². The Morgan fingerprint density at radius 3 is 2.73 bits per heavy atom. The van der Waals surface area contributed by atoms with Crippen LogP contribution in [-0.2, 0) is 17.5 Å². The first-order valence-electron chi connectivity index (χ1n) is 7.22. The van der Waals surface area contributed by atoms with Gasteiger partial charge in [-0.15, -0.1) is 0 Å². The minimum absolute atomic E-state index is 0.113. The second-order valence-electron chi connectivity index (χ2n) is 5.29. The number of rotatable bonds is 3. The predicted molar refractivity (Wildman–Crippen MR) is 88.9 cm³/mol. The van der Waals surface area contributed by atoms with Crippen molar-refractivity contribution in [3.63, 3.8) is 0 Å². The molecular weight excluding hydrogens is 373 g/mol. The third-order valence-electron chi connectivity index (χ3n) is 3.47. The molecule has 0 radical (unpaired) electrons. The fraction of sp³-hybridized carbons (Fsp3) is 0.125. The highest BCUT2D eigenvalue weighted by Gasteiger charge is 2.34. The van der Waals surface area contributed by atoms with Gasteiger partial charge in [0, 0.05) is 11.2 Å². The lowest BCUT2D eigenvalue weighted by atomic mass is 10.1. The van der Waals surface area contributed by atoms with Crippen molar-refractivity contribution in [2.24, 2.45) is 0 Å². The number of hydrogen-bond donors (Lipinski definition) is 1. The van der Waals surface area contributed by atoms with Gasteiger partial charge in [0.25, 0.3) is 5.56 Å². The third-order valence-corrected chi connectivity index (χ3v) is 3.71. The SMILES string of the molecule is O=C(Cn1cnc2ncccc2c1=O)Nc1ccc(Cl)cc1C(F)(F)F. The van der Waals surface area contributed by atoms with Crippen LogP contribution in [0.5, 0.6) is 0 Å². The van der Waals surface area contributed by atoms with E-state index in [1.807, 2.05) is 0 Å². The molecule has 6 nitrogen and oxygen atoms in total. The Labute approximate surface area is 149 Å². The molecule has 0 unspecified atom stereocenters. The number of nitrogens with zero attached hydrogens (tertiary/aromatic N) is 3. The van der Waals surface area contributed by atoms with Gasteiger partial charge in [-0.3, -0.25) is 14.2 Å². The fourth-order valence-corrected chi connectivity index (χ4v) is 2.49. The lowest BCUT2D eigenvalue weighted by Gasteiger charge is -2.14. The standard InChI is InChI=1S/C16H10ClF3N4O2/c17-9-3-4-12(11(6-9)16(18,19)20)23-13(25)7-24-8-22-14-10(15(24)26)2-1-5-21-14/h1-6,8H,7H2,(H,23,25). The molecule has 0 fully saturated rings. The van der Waals surface area contributed by atoms with Crippen molar-refractivity contribution in [1.29, 1.82) is 0 Å². The molecule has 1 N–H and O–H groups in total. The lowest BCUT2D eigenvalue weighted by molar-refractivity contribution is -0.137. The van der Waals surface area contributed by atoms with Gasteiger partial charge in [-0.1, -0.05) is 11.6 Å². The number of amides is 1. The van der Waals surface area contributed by atoms with E-state index in [2.05, 4.69) is 15.3 Å². The maximum atomic E-state index is 13.1. The Hall–Kier alpha value is -2.94. The number of benzene rings is 1. The molecule has 0 aliphatic carbocycles. The van der Waals surface area contributed by atoms with Gasteiger partial charge >= 0.3 is 6.18 Å². The van der Waals surface area contributed by atoms with E-state index in [1.165, 1.54) is 18.3 Å². The van der Waals surface area contributed by atoms with Crippen molar-refractivity contribution in [3.8, 4) is 0 Å². The van der Waals surface area contributed by atoms with Crippen molar-refractivity contribution < 1.29 is 18.0 Å². The van der Waals surface area contributed by atoms with Gasteiger partial charge in [-0.2, -0.15) is 13.2 Å². The molecule has 0 saturated heterocycles. The van der Waals surface area contributed by atoms with Crippen molar-refractivity contribution in [2.45, 2.75) is 12.7 Å². The molecule has 2 heterocycles. The van der Waals surface area contributed by atoms with E-state index in [1.54, 1.807) is 6.07 Å². The molecule has 134 valence electrons. The molecule has 3 aromatic rings. The van der Waals surface area contributed by atoms with Gasteiger partial charge in [-0.05, 0) is 30.3 Å². The Morgan fingerprint density at radius 2 is 2.00 bits per heavy atom. The highest BCUT2D eigenvalue weighted by molar-refractivity contribution is 6.30. The molecule has 0 aliphatic heterocycles. The summed E-state index contributed by atoms with van der Waals surface area (Å²) in [5, 5.41) is 2.23. The maximum absolute atomic E-state index is 13.1. The van der Waals surface area contributed by atoms with Crippen LogP contribution in [0.2, 0.25) is 5.02 Å². The van der Waals surface area contributed by atoms with E-state index in [0.29, 0.717) is 6.07 Å². The zero-order chi connectivity index (χ0) is 18.9. The number of nitrogens with one attached hydrogen (secondary N) is 1. The van der Waals surface area contributed by atoms with Gasteiger partial charge in [0.1, 0.15) is 12.9 Å². The number of anilines is 1. The molecule has 10 heteroatoms.